The van der Waals surface area contributed by atoms with Crippen molar-refractivity contribution in [3.05, 3.63) is 214 Å². The van der Waals surface area contributed by atoms with Crippen molar-refractivity contribution < 1.29 is 50.5 Å². The van der Waals surface area contributed by atoms with Crippen molar-refractivity contribution in [1.82, 2.24) is 40.5 Å². The van der Waals surface area contributed by atoms with Gasteiger partial charge in [0.2, 0.25) is 59.4 Å². The summed E-state index contributed by atoms with van der Waals surface area (Å²) >= 11 is 0. The van der Waals surface area contributed by atoms with E-state index in [0.717, 1.165) is 0 Å². The van der Waals surface area contributed by atoms with Gasteiger partial charge in [-0.1, -0.05) is 130 Å². The summed E-state index contributed by atoms with van der Waals surface area (Å²) in [7, 11) is -32.2. The highest BCUT2D eigenvalue weighted by atomic mass is 32.3. The zero-order valence-corrected chi connectivity index (χ0v) is 57.4. The van der Waals surface area contributed by atoms with Crippen LogP contribution in [0.15, 0.2) is 199 Å². The fraction of sp³-hybridized carbons (Fsp3) is 0.364. The van der Waals surface area contributed by atoms with Crippen molar-refractivity contribution in [2.75, 3.05) is 78.5 Å². The van der Waals surface area contributed by atoms with Gasteiger partial charge in [0.05, 0.1) is 41.5 Å². The summed E-state index contributed by atoms with van der Waals surface area (Å²) < 4.78 is 191. The molecule has 6 N–H and O–H groups in total. The third-order valence-electron chi connectivity index (χ3n) is 16.9. The Kier molecular flexibility index (Phi) is 22.0. The fourth-order valence-corrected chi connectivity index (χ4v) is 27.7. The van der Waals surface area contributed by atoms with E-state index in [4.69, 9.17) is 0 Å². The van der Waals surface area contributed by atoms with Crippen molar-refractivity contribution in [1.29, 1.82) is 0 Å². The van der Waals surface area contributed by atoms with Crippen LogP contribution >= 0.6 is 0 Å². The van der Waals surface area contributed by atoms with Crippen molar-refractivity contribution in [3.63, 3.8) is 0 Å². The number of hydrogen-bond acceptors (Lipinski definition) is 18. The Morgan fingerprint density at radius 2 is 0.500 bits per heavy atom. The van der Waals surface area contributed by atoms with Gasteiger partial charge in [-0.15, -0.1) is 0 Å². The molecule has 0 saturated carbocycles. The number of hydrogen-bond donors (Lipinski definition) is 6. The Hall–Kier alpha value is -6.08. The molecular formula is C66H82N8O12S6. The molecule has 0 spiro atoms. The minimum Gasteiger partial charge on any atom is -0.314 e. The van der Waals surface area contributed by atoms with Gasteiger partial charge in [0.15, 0.2) is 0 Å². The molecule has 0 amide bonds. The molecule has 9 rings (SSSR count). The number of aryl methyl sites for hydroxylation is 6. The van der Waals surface area contributed by atoms with Gasteiger partial charge in [0.1, 0.15) is 0 Å². The van der Waals surface area contributed by atoms with E-state index in [1.54, 1.807) is 90.1 Å². The van der Waals surface area contributed by atoms with Crippen LogP contribution in [0.5, 0.6) is 0 Å². The second-order valence-electron chi connectivity index (χ2n) is 23.5. The molecule has 2 aliphatic rings. The molecule has 7 aromatic rings. The monoisotopic (exact) mass is 1370 g/mol. The first-order valence-corrected chi connectivity index (χ1v) is 39.3. The number of rotatable bonds is 16. The molecule has 2 aliphatic heterocycles. The molecular weight excluding hydrogens is 1290 g/mol. The van der Waals surface area contributed by atoms with Crippen LogP contribution < -0.4 is 31.9 Å². The van der Waals surface area contributed by atoms with Crippen LogP contribution in [0.1, 0.15) is 44.5 Å². The largest absolute Gasteiger partial charge is 0.314 e. The highest BCUT2D eigenvalue weighted by Gasteiger charge is 2.69. The third kappa shape index (κ3) is 13.9. The molecule has 0 radical (unpaired) electrons. The molecule has 0 aromatic heterocycles. The predicted molar refractivity (Wildman–Crippen MR) is 358 cm³/mol. The van der Waals surface area contributed by atoms with E-state index in [0.29, 0.717) is 68.2 Å². The number of sulfone groups is 4. The summed E-state index contributed by atoms with van der Waals surface area (Å²) in [4.78, 5) is -2.60. The maximum atomic E-state index is 16.6. The van der Waals surface area contributed by atoms with E-state index < -0.39 is 125 Å². The molecule has 0 bridgehead atoms. The number of nitrogens with zero attached hydrogens (tertiary/aromatic N) is 2. The molecule has 2 atom stereocenters. The molecule has 2 unspecified atom stereocenters. The van der Waals surface area contributed by atoms with E-state index in [2.05, 4.69) is 31.9 Å². The minimum absolute atomic E-state index is 0.0670. The van der Waals surface area contributed by atoms with Crippen LogP contribution in [0.2, 0.25) is 0 Å². The summed E-state index contributed by atoms with van der Waals surface area (Å²) in [6.07, 6.45) is -0.972. The molecule has 2 saturated heterocycles. The van der Waals surface area contributed by atoms with Crippen molar-refractivity contribution in [3.8, 4) is 0 Å². The van der Waals surface area contributed by atoms with Crippen molar-refractivity contribution >= 4 is 59.4 Å². The van der Waals surface area contributed by atoms with E-state index in [1.165, 1.54) is 121 Å². The lowest BCUT2D eigenvalue weighted by Crippen LogP contribution is -2.72. The maximum Gasteiger partial charge on any atom is 0.263 e. The zero-order valence-electron chi connectivity index (χ0n) is 52.5. The van der Waals surface area contributed by atoms with Gasteiger partial charge in [0.25, 0.3) is 8.41 Å². The van der Waals surface area contributed by atoms with Crippen LogP contribution in [0, 0.1) is 41.5 Å². The molecule has 494 valence electrons. The number of nitrogens with one attached hydrogen (secondary N) is 6. The molecule has 2 heterocycles. The van der Waals surface area contributed by atoms with E-state index in [9.17, 15) is 0 Å². The minimum atomic E-state index is -5.48. The summed E-state index contributed by atoms with van der Waals surface area (Å²) in [5.41, 5.74) is 4.50. The van der Waals surface area contributed by atoms with Crippen LogP contribution in [0.25, 0.3) is 0 Å². The standard InChI is InChI=1S/C66H82N8O12S6/c1-49-7-23-57(24-8-49)87(75,76)65(88(77,78)58-25-9-50(2)10-26-58)63(71-41-39-67-35-37-69-43-45-73(65)91(83,84)61-31-15-53(5)16-32-61)47-55-19-21-56(22-20-55)48-64-66(89(79,80)59-27-11-51(3)12-28-59,90(81,82)60-29-13-52(4)14-30-60)74(46-44-70-38-36-68-40-42-72-64)92(85,86)62-33-17-54(6)18-34-62/h7-34,63-64,67-72H,35-48H2,1-6H3. The SMILES string of the molecule is Cc1ccc(S(=O)(=O)N2CCNCCNCCNC(Cc3ccc(CC4NCCNCCNCCN(S(=O)(=O)c5ccc(C)cc5)C4(S(=O)(=O)c4ccc(C)cc4)S(=O)(=O)c4ccc(C)cc4)cc3)C2(S(=O)(=O)c2ccc(C)cc2)S(=O)(=O)c2ccc(C)cc2)cc1. The van der Waals surface area contributed by atoms with Gasteiger partial charge in [-0.25, -0.2) is 50.5 Å². The molecule has 26 heteroatoms. The smallest absolute Gasteiger partial charge is 0.263 e. The van der Waals surface area contributed by atoms with Gasteiger partial charge >= 0.3 is 0 Å². The van der Waals surface area contributed by atoms with Gasteiger partial charge in [-0.3, -0.25) is 0 Å². The number of benzene rings is 7. The lowest BCUT2D eigenvalue weighted by Gasteiger charge is -2.46. The average Bonchev–Trinajstić information content (AvgIpc) is 0.695. The summed E-state index contributed by atoms with van der Waals surface area (Å²) in [5, 5.41) is 19.5. The molecule has 92 heavy (non-hydrogen) atoms. The van der Waals surface area contributed by atoms with E-state index in [1.807, 2.05) is 0 Å². The highest BCUT2D eigenvalue weighted by Crippen LogP contribution is 2.48. The topological polar surface area (TPSA) is 283 Å². The predicted octanol–water partition coefficient (Wildman–Crippen LogP) is 5.51. The quantitative estimate of drug-likeness (QED) is 0.0696. The Bertz CT molecular complexity index is 3960. The second-order valence-corrected chi connectivity index (χ2v) is 36.2. The second kappa shape index (κ2) is 28.9. The Morgan fingerprint density at radius 3 is 0.739 bits per heavy atom. The highest BCUT2D eigenvalue weighted by molar-refractivity contribution is 8.12. The summed E-state index contributed by atoms with van der Waals surface area (Å²) in [6, 6.07) is 36.2. The van der Waals surface area contributed by atoms with Crippen molar-refractivity contribution in [2.45, 2.75) is 104 Å². The third-order valence-corrected chi connectivity index (χ3v) is 32.5. The fourth-order valence-electron chi connectivity index (χ4n) is 11.9. The Balaban J connectivity index is 1.30. The maximum absolute atomic E-state index is 16.6. The first kappa shape index (κ1) is 70.2. The lowest BCUT2D eigenvalue weighted by molar-refractivity contribution is 0.266. The lowest BCUT2D eigenvalue weighted by atomic mass is 10.00. The van der Waals surface area contributed by atoms with Crippen LogP contribution in [-0.2, 0) is 72.2 Å². The van der Waals surface area contributed by atoms with Gasteiger partial charge in [-0.05, 0) is 138 Å². The average molecular weight is 1370 g/mol. The van der Waals surface area contributed by atoms with E-state index >= 15 is 50.5 Å². The summed E-state index contributed by atoms with van der Waals surface area (Å²) in [6.45, 7) is 10.5. The van der Waals surface area contributed by atoms with Crippen LogP contribution in [-0.4, -0.2) is 158 Å². The van der Waals surface area contributed by atoms with E-state index in [-0.39, 0.29) is 60.2 Å². The zero-order chi connectivity index (χ0) is 66.3. The Morgan fingerprint density at radius 1 is 0.293 bits per heavy atom. The molecule has 0 aliphatic carbocycles. The first-order valence-electron chi connectivity index (χ1n) is 30.4. The Labute approximate surface area is 543 Å². The van der Waals surface area contributed by atoms with Gasteiger partial charge in [-0.2, -0.15) is 8.61 Å². The molecule has 2 fully saturated rings. The number of sulfonamides is 2. The van der Waals surface area contributed by atoms with Crippen LogP contribution in [0.3, 0.4) is 0 Å². The van der Waals surface area contributed by atoms with Crippen LogP contribution in [0.4, 0.5) is 0 Å². The molecule has 20 nitrogen and oxygen atoms in total. The van der Waals surface area contributed by atoms with Crippen molar-refractivity contribution in [2.24, 2.45) is 0 Å². The van der Waals surface area contributed by atoms with Gasteiger partial charge < -0.3 is 31.9 Å². The van der Waals surface area contributed by atoms with Gasteiger partial charge in [0, 0.05) is 78.5 Å². The first-order chi connectivity index (χ1) is 43.6. The summed E-state index contributed by atoms with van der Waals surface area (Å²) in [5.74, 6) is 0. The molecule has 7 aromatic carbocycles. The normalized spacial score (nSPS) is 19.3.